The largest absolute Gasteiger partial charge is 0.508 e. The summed E-state index contributed by atoms with van der Waals surface area (Å²) in [6, 6.07) is 10.5. The first-order chi connectivity index (χ1) is 9.61. The maximum absolute atomic E-state index is 13.6. The monoisotopic (exact) mass is 277 g/mol. The Hall–Kier alpha value is -1.94. The molecule has 2 rings (SSSR count). The number of nitrogens with one attached hydrogen (secondary N) is 1. The minimum Gasteiger partial charge on any atom is -0.508 e. The number of phenols is 1. The Balaban J connectivity index is 2.10. The summed E-state index contributed by atoms with van der Waals surface area (Å²) in [6.07, 6.45) is 0.750. The molecule has 2 nitrogen and oxygen atoms in total. The SMILES string of the molecule is CCC(NCc1ccc(F)cc1F)c1ccccc1O. The quantitative estimate of drug-likeness (QED) is 0.868. The van der Waals surface area contributed by atoms with Crippen LogP contribution in [0.15, 0.2) is 42.5 Å². The average Bonchev–Trinajstić information content (AvgIpc) is 2.43. The molecule has 1 atom stereocenters. The topological polar surface area (TPSA) is 32.3 Å². The zero-order valence-electron chi connectivity index (χ0n) is 11.2. The second-order valence-corrected chi connectivity index (χ2v) is 4.64. The van der Waals surface area contributed by atoms with Crippen molar-refractivity contribution >= 4 is 0 Å². The summed E-state index contributed by atoms with van der Waals surface area (Å²) in [6.45, 7) is 2.25. The number of para-hydroxylation sites is 1. The number of rotatable bonds is 5. The van der Waals surface area contributed by atoms with Crippen LogP contribution in [-0.4, -0.2) is 5.11 Å². The van der Waals surface area contributed by atoms with Crippen molar-refractivity contribution < 1.29 is 13.9 Å². The normalized spacial score (nSPS) is 12.3. The molecular formula is C16H17F2NO. The highest BCUT2D eigenvalue weighted by Crippen LogP contribution is 2.26. The smallest absolute Gasteiger partial charge is 0.130 e. The highest BCUT2D eigenvalue weighted by molar-refractivity contribution is 5.34. The molecule has 2 aromatic rings. The van der Waals surface area contributed by atoms with Gasteiger partial charge in [-0.2, -0.15) is 0 Å². The van der Waals surface area contributed by atoms with Gasteiger partial charge in [0.15, 0.2) is 0 Å². The molecule has 0 bridgehead atoms. The third-order valence-electron chi connectivity index (χ3n) is 3.27. The molecule has 0 amide bonds. The maximum atomic E-state index is 13.6. The molecule has 106 valence electrons. The Morgan fingerprint density at radius 3 is 2.55 bits per heavy atom. The maximum Gasteiger partial charge on any atom is 0.130 e. The second kappa shape index (κ2) is 6.48. The molecule has 0 aromatic heterocycles. The van der Waals surface area contributed by atoms with Crippen molar-refractivity contribution in [3.8, 4) is 5.75 Å². The highest BCUT2D eigenvalue weighted by atomic mass is 19.1. The number of halogens is 2. The van der Waals surface area contributed by atoms with Crippen molar-refractivity contribution in [3.63, 3.8) is 0 Å². The standard InChI is InChI=1S/C16H17F2NO/c1-2-15(13-5-3-4-6-16(13)20)19-10-11-7-8-12(17)9-14(11)18/h3-9,15,19-20H,2,10H2,1H3. The first-order valence-corrected chi connectivity index (χ1v) is 6.57. The summed E-state index contributed by atoms with van der Waals surface area (Å²) >= 11 is 0. The minimum absolute atomic E-state index is 0.0827. The molecule has 0 fully saturated rings. The summed E-state index contributed by atoms with van der Waals surface area (Å²) in [7, 11) is 0. The van der Waals surface area contributed by atoms with Gasteiger partial charge in [-0.3, -0.25) is 0 Å². The van der Waals surface area contributed by atoms with Gasteiger partial charge in [-0.25, -0.2) is 8.78 Å². The zero-order chi connectivity index (χ0) is 14.5. The molecule has 1 unspecified atom stereocenters. The van der Waals surface area contributed by atoms with Crippen LogP contribution < -0.4 is 5.32 Å². The van der Waals surface area contributed by atoms with Crippen LogP contribution in [0.2, 0.25) is 0 Å². The number of phenolic OH excluding ortho intramolecular Hbond substituents is 1. The van der Waals surface area contributed by atoms with Gasteiger partial charge in [0, 0.05) is 29.8 Å². The molecule has 0 aliphatic carbocycles. The van der Waals surface area contributed by atoms with Crippen LogP contribution in [0, 0.1) is 11.6 Å². The van der Waals surface area contributed by atoms with E-state index in [4.69, 9.17) is 0 Å². The minimum atomic E-state index is -0.584. The summed E-state index contributed by atoms with van der Waals surface area (Å²) in [5.41, 5.74) is 1.18. The van der Waals surface area contributed by atoms with Crippen molar-refractivity contribution in [3.05, 3.63) is 65.2 Å². The Bertz CT molecular complexity index is 586. The number of hydrogen-bond donors (Lipinski definition) is 2. The van der Waals surface area contributed by atoms with E-state index in [1.165, 1.54) is 12.1 Å². The summed E-state index contributed by atoms with van der Waals surface area (Å²) in [5, 5.41) is 13.0. The van der Waals surface area contributed by atoms with Gasteiger partial charge in [-0.1, -0.05) is 31.2 Å². The van der Waals surface area contributed by atoms with E-state index in [1.807, 2.05) is 19.1 Å². The van der Waals surface area contributed by atoms with Gasteiger partial charge in [-0.05, 0) is 18.6 Å². The van der Waals surface area contributed by atoms with Gasteiger partial charge in [0.05, 0.1) is 0 Å². The lowest BCUT2D eigenvalue weighted by Crippen LogP contribution is -2.21. The predicted molar refractivity (Wildman–Crippen MR) is 74.3 cm³/mol. The van der Waals surface area contributed by atoms with Gasteiger partial charge < -0.3 is 10.4 Å². The molecule has 0 aliphatic rings. The molecular weight excluding hydrogens is 260 g/mol. The number of benzene rings is 2. The van der Waals surface area contributed by atoms with Gasteiger partial charge >= 0.3 is 0 Å². The Morgan fingerprint density at radius 1 is 1.15 bits per heavy atom. The molecule has 2 aromatic carbocycles. The third-order valence-corrected chi connectivity index (χ3v) is 3.27. The lowest BCUT2D eigenvalue weighted by molar-refractivity contribution is 0.438. The van der Waals surface area contributed by atoms with Crippen molar-refractivity contribution in [1.29, 1.82) is 0 Å². The Kier molecular flexibility index (Phi) is 4.69. The van der Waals surface area contributed by atoms with Gasteiger partial charge in [0.2, 0.25) is 0 Å². The average molecular weight is 277 g/mol. The molecule has 20 heavy (non-hydrogen) atoms. The number of aromatic hydroxyl groups is 1. The Labute approximate surface area is 117 Å². The molecule has 0 saturated carbocycles. The molecule has 0 aliphatic heterocycles. The molecule has 0 saturated heterocycles. The van der Waals surface area contributed by atoms with E-state index in [1.54, 1.807) is 12.1 Å². The van der Waals surface area contributed by atoms with Crippen LogP contribution in [0.5, 0.6) is 5.75 Å². The van der Waals surface area contributed by atoms with E-state index in [0.29, 0.717) is 5.56 Å². The summed E-state index contributed by atoms with van der Waals surface area (Å²) in [5.74, 6) is -0.935. The van der Waals surface area contributed by atoms with Crippen LogP contribution in [0.25, 0.3) is 0 Å². The van der Waals surface area contributed by atoms with Crippen molar-refractivity contribution in [2.24, 2.45) is 0 Å². The first kappa shape index (κ1) is 14.5. The van der Waals surface area contributed by atoms with Crippen LogP contribution in [0.3, 0.4) is 0 Å². The fourth-order valence-corrected chi connectivity index (χ4v) is 2.15. The Morgan fingerprint density at radius 2 is 1.90 bits per heavy atom. The number of hydrogen-bond acceptors (Lipinski definition) is 2. The molecule has 4 heteroatoms. The van der Waals surface area contributed by atoms with E-state index in [0.717, 1.165) is 18.1 Å². The fraction of sp³-hybridized carbons (Fsp3) is 0.250. The van der Waals surface area contributed by atoms with Crippen LogP contribution in [0.4, 0.5) is 8.78 Å². The first-order valence-electron chi connectivity index (χ1n) is 6.57. The fourth-order valence-electron chi connectivity index (χ4n) is 2.15. The lowest BCUT2D eigenvalue weighted by Gasteiger charge is -2.18. The van der Waals surface area contributed by atoms with E-state index < -0.39 is 11.6 Å². The van der Waals surface area contributed by atoms with E-state index >= 15 is 0 Å². The van der Waals surface area contributed by atoms with E-state index in [9.17, 15) is 13.9 Å². The van der Waals surface area contributed by atoms with Crippen molar-refractivity contribution in [1.82, 2.24) is 5.32 Å². The summed E-state index contributed by atoms with van der Waals surface area (Å²) in [4.78, 5) is 0. The summed E-state index contributed by atoms with van der Waals surface area (Å²) < 4.78 is 26.4. The van der Waals surface area contributed by atoms with Gasteiger partial charge in [-0.15, -0.1) is 0 Å². The van der Waals surface area contributed by atoms with E-state index in [-0.39, 0.29) is 18.3 Å². The van der Waals surface area contributed by atoms with Gasteiger partial charge in [0.25, 0.3) is 0 Å². The van der Waals surface area contributed by atoms with Crippen LogP contribution >= 0.6 is 0 Å². The van der Waals surface area contributed by atoms with Crippen LogP contribution in [-0.2, 0) is 6.54 Å². The van der Waals surface area contributed by atoms with Crippen molar-refractivity contribution in [2.75, 3.05) is 0 Å². The molecule has 0 heterocycles. The lowest BCUT2D eigenvalue weighted by atomic mass is 10.0. The third kappa shape index (κ3) is 3.33. The zero-order valence-corrected chi connectivity index (χ0v) is 11.2. The van der Waals surface area contributed by atoms with Crippen molar-refractivity contribution in [2.45, 2.75) is 25.9 Å². The van der Waals surface area contributed by atoms with E-state index in [2.05, 4.69) is 5.32 Å². The molecule has 0 spiro atoms. The van der Waals surface area contributed by atoms with Gasteiger partial charge in [0.1, 0.15) is 17.4 Å². The molecule has 0 radical (unpaired) electrons. The second-order valence-electron chi connectivity index (χ2n) is 4.64. The van der Waals surface area contributed by atoms with Crippen LogP contribution in [0.1, 0.15) is 30.5 Å². The highest BCUT2D eigenvalue weighted by Gasteiger charge is 2.13. The predicted octanol–water partition coefficient (Wildman–Crippen LogP) is 3.91. The molecule has 2 N–H and O–H groups in total.